The third kappa shape index (κ3) is 2.41. The number of benzene rings is 1. The molecule has 0 unspecified atom stereocenters. The minimum atomic E-state index is -1.22. The fourth-order valence-electron chi connectivity index (χ4n) is 1.29. The van der Waals surface area contributed by atoms with E-state index >= 15 is 0 Å². The van der Waals surface area contributed by atoms with Gasteiger partial charge in [-0.1, -0.05) is 0 Å². The number of hydrogen-bond acceptors (Lipinski definition) is 5. The van der Waals surface area contributed by atoms with Gasteiger partial charge in [-0.15, -0.1) is 0 Å². The van der Waals surface area contributed by atoms with Crippen LogP contribution in [-0.4, -0.2) is 27.8 Å². The van der Waals surface area contributed by atoms with Crippen LogP contribution in [0.5, 0.6) is 5.75 Å². The van der Waals surface area contributed by atoms with Crippen LogP contribution in [-0.2, 0) is 0 Å². The average Bonchev–Trinajstić information content (AvgIpc) is 2.80. The second kappa shape index (κ2) is 4.65. The summed E-state index contributed by atoms with van der Waals surface area (Å²) >= 11 is 0. The van der Waals surface area contributed by atoms with Crippen LogP contribution < -0.4 is 4.74 Å². The summed E-state index contributed by atoms with van der Waals surface area (Å²) in [6.45, 7) is 2.48. The molecule has 6 nitrogen and oxygen atoms in total. The van der Waals surface area contributed by atoms with Gasteiger partial charge in [0.15, 0.2) is 0 Å². The molecule has 88 valence electrons. The van der Waals surface area contributed by atoms with Crippen LogP contribution in [0.3, 0.4) is 0 Å². The molecule has 0 atom stereocenters. The second-order valence-electron chi connectivity index (χ2n) is 3.19. The zero-order chi connectivity index (χ0) is 12.3. The zero-order valence-corrected chi connectivity index (χ0v) is 9.08. The fourth-order valence-corrected chi connectivity index (χ4v) is 1.29. The Bertz CT molecular complexity index is 519. The molecule has 0 saturated carbocycles. The van der Waals surface area contributed by atoms with Gasteiger partial charge in [-0.3, -0.25) is 0 Å². The first-order valence-electron chi connectivity index (χ1n) is 5.01. The van der Waals surface area contributed by atoms with Gasteiger partial charge in [0, 0.05) is 5.56 Å². The molecule has 1 aromatic heterocycles. The first-order valence-corrected chi connectivity index (χ1v) is 5.01. The lowest BCUT2D eigenvalue weighted by Crippen LogP contribution is -1.98. The standard InChI is InChI=1S/C11H10N2O4/c1-2-16-8-5-3-7(4-6-8)10-12-9(11(14)15)13-17-10/h3-6H,2H2,1H3,(H,14,15). The lowest BCUT2D eigenvalue weighted by atomic mass is 10.2. The van der Waals surface area contributed by atoms with E-state index in [9.17, 15) is 4.79 Å². The molecule has 0 bridgehead atoms. The number of ether oxygens (including phenoxy) is 1. The summed E-state index contributed by atoms with van der Waals surface area (Å²) in [5.41, 5.74) is 0.647. The van der Waals surface area contributed by atoms with Gasteiger partial charge >= 0.3 is 5.97 Å². The molecule has 0 fully saturated rings. The molecule has 17 heavy (non-hydrogen) atoms. The molecule has 1 heterocycles. The number of nitrogens with zero attached hydrogens (tertiary/aromatic N) is 2. The summed E-state index contributed by atoms with van der Waals surface area (Å²) in [7, 11) is 0. The molecular weight excluding hydrogens is 224 g/mol. The highest BCUT2D eigenvalue weighted by Crippen LogP contribution is 2.20. The number of carbonyl (C=O) groups is 1. The van der Waals surface area contributed by atoms with Crippen molar-refractivity contribution in [2.75, 3.05) is 6.61 Å². The lowest BCUT2D eigenvalue weighted by molar-refractivity contribution is 0.0680. The first-order chi connectivity index (χ1) is 8.20. The summed E-state index contributed by atoms with van der Waals surface area (Å²) in [6, 6.07) is 6.96. The van der Waals surface area contributed by atoms with Crippen molar-refractivity contribution in [2.45, 2.75) is 6.92 Å². The highest BCUT2D eigenvalue weighted by atomic mass is 16.5. The van der Waals surface area contributed by atoms with E-state index in [4.69, 9.17) is 14.4 Å². The van der Waals surface area contributed by atoms with E-state index in [-0.39, 0.29) is 11.7 Å². The van der Waals surface area contributed by atoms with E-state index in [1.54, 1.807) is 24.3 Å². The lowest BCUT2D eigenvalue weighted by Gasteiger charge is -2.01. The molecule has 0 aliphatic heterocycles. The first kappa shape index (κ1) is 11.1. The number of carboxylic acids is 1. The fraction of sp³-hybridized carbons (Fsp3) is 0.182. The van der Waals surface area contributed by atoms with Crippen molar-refractivity contribution < 1.29 is 19.2 Å². The highest BCUT2D eigenvalue weighted by molar-refractivity contribution is 5.83. The molecule has 0 spiro atoms. The van der Waals surface area contributed by atoms with Crippen molar-refractivity contribution in [1.29, 1.82) is 0 Å². The van der Waals surface area contributed by atoms with E-state index < -0.39 is 5.97 Å². The third-order valence-electron chi connectivity index (χ3n) is 2.03. The van der Waals surface area contributed by atoms with Crippen LogP contribution in [0.2, 0.25) is 0 Å². The van der Waals surface area contributed by atoms with Crippen molar-refractivity contribution in [3.05, 3.63) is 30.1 Å². The summed E-state index contributed by atoms with van der Waals surface area (Å²) in [5.74, 6) is -0.667. The number of rotatable bonds is 4. The summed E-state index contributed by atoms with van der Waals surface area (Å²) in [4.78, 5) is 14.3. The quantitative estimate of drug-likeness (QED) is 0.868. The summed E-state index contributed by atoms with van der Waals surface area (Å²) < 4.78 is 10.1. The van der Waals surface area contributed by atoms with E-state index in [0.717, 1.165) is 5.75 Å². The molecule has 0 aliphatic rings. The Hall–Kier alpha value is -2.37. The van der Waals surface area contributed by atoms with E-state index in [1.807, 2.05) is 6.92 Å². The van der Waals surface area contributed by atoms with Crippen LogP contribution in [0, 0.1) is 0 Å². The summed E-state index contributed by atoms with van der Waals surface area (Å²) in [5, 5.41) is 12.0. The van der Waals surface area contributed by atoms with Crippen LogP contribution >= 0.6 is 0 Å². The van der Waals surface area contributed by atoms with Crippen molar-refractivity contribution >= 4 is 5.97 Å². The number of hydrogen-bond donors (Lipinski definition) is 1. The van der Waals surface area contributed by atoms with Crippen molar-refractivity contribution in [3.63, 3.8) is 0 Å². The van der Waals surface area contributed by atoms with Crippen molar-refractivity contribution in [3.8, 4) is 17.2 Å². The largest absolute Gasteiger partial charge is 0.494 e. The maximum atomic E-state index is 10.6. The van der Waals surface area contributed by atoms with Crippen LogP contribution in [0.25, 0.3) is 11.5 Å². The average molecular weight is 234 g/mol. The maximum Gasteiger partial charge on any atom is 0.377 e. The zero-order valence-electron chi connectivity index (χ0n) is 9.08. The summed E-state index contributed by atoms with van der Waals surface area (Å²) in [6.07, 6.45) is 0. The number of carboxylic acid groups (broad SMARTS) is 1. The van der Waals surface area contributed by atoms with Gasteiger partial charge in [0.1, 0.15) is 5.75 Å². The van der Waals surface area contributed by atoms with Gasteiger partial charge in [0.25, 0.3) is 11.7 Å². The van der Waals surface area contributed by atoms with Crippen LogP contribution in [0.4, 0.5) is 0 Å². The number of aromatic carboxylic acids is 1. The molecule has 1 N–H and O–H groups in total. The molecule has 0 amide bonds. The normalized spacial score (nSPS) is 10.2. The minimum absolute atomic E-state index is 0.172. The van der Waals surface area contributed by atoms with Crippen molar-refractivity contribution in [2.24, 2.45) is 0 Å². The molecule has 0 radical (unpaired) electrons. The molecule has 0 saturated heterocycles. The van der Waals surface area contributed by atoms with E-state index in [2.05, 4.69) is 10.1 Å². The second-order valence-corrected chi connectivity index (χ2v) is 3.19. The number of aromatic nitrogens is 2. The SMILES string of the molecule is CCOc1ccc(-c2nc(C(=O)O)no2)cc1. The minimum Gasteiger partial charge on any atom is -0.494 e. The van der Waals surface area contributed by atoms with Gasteiger partial charge in [-0.2, -0.15) is 4.98 Å². The van der Waals surface area contributed by atoms with E-state index in [0.29, 0.717) is 12.2 Å². The maximum absolute atomic E-state index is 10.6. The Labute approximate surface area is 96.8 Å². The molecule has 2 aromatic rings. The third-order valence-corrected chi connectivity index (χ3v) is 2.03. The Morgan fingerprint density at radius 2 is 2.12 bits per heavy atom. The van der Waals surface area contributed by atoms with Gasteiger partial charge in [-0.05, 0) is 36.3 Å². The molecule has 1 aromatic carbocycles. The monoisotopic (exact) mass is 234 g/mol. The topological polar surface area (TPSA) is 85.5 Å². The van der Waals surface area contributed by atoms with Gasteiger partial charge < -0.3 is 14.4 Å². The van der Waals surface area contributed by atoms with Gasteiger partial charge in [-0.25, -0.2) is 4.79 Å². The molecule has 6 heteroatoms. The van der Waals surface area contributed by atoms with Crippen molar-refractivity contribution in [1.82, 2.24) is 10.1 Å². The van der Waals surface area contributed by atoms with E-state index in [1.165, 1.54) is 0 Å². The Kier molecular flexibility index (Phi) is 3.04. The molecular formula is C11H10N2O4. The smallest absolute Gasteiger partial charge is 0.377 e. The highest BCUT2D eigenvalue weighted by Gasteiger charge is 2.13. The Morgan fingerprint density at radius 1 is 1.41 bits per heavy atom. The predicted octanol–water partition coefficient (Wildman–Crippen LogP) is 1.83. The van der Waals surface area contributed by atoms with Gasteiger partial charge in [0.05, 0.1) is 6.61 Å². The Balaban J connectivity index is 2.23. The molecule has 0 aliphatic carbocycles. The van der Waals surface area contributed by atoms with Crippen LogP contribution in [0.1, 0.15) is 17.5 Å². The Morgan fingerprint density at radius 3 is 2.65 bits per heavy atom. The van der Waals surface area contributed by atoms with Crippen LogP contribution in [0.15, 0.2) is 28.8 Å². The molecule has 2 rings (SSSR count). The van der Waals surface area contributed by atoms with Gasteiger partial charge in [0.2, 0.25) is 0 Å². The predicted molar refractivity (Wildman–Crippen MR) is 57.9 cm³/mol.